The van der Waals surface area contributed by atoms with Gasteiger partial charge in [-0.2, -0.15) is 13.2 Å². The summed E-state index contributed by atoms with van der Waals surface area (Å²) in [6.45, 7) is 1.37. The van der Waals surface area contributed by atoms with E-state index in [0.717, 1.165) is 19.8 Å². The molecule has 1 aromatic carbocycles. The van der Waals surface area contributed by atoms with Crippen LogP contribution in [-0.2, 0) is 4.74 Å². The van der Waals surface area contributed by atoms with Crippen molar-refractivity contribution in [3.8, 4) is 5.75 Å². The van der Waals surface area contributed by atoms with E-state index in [1.807, 2.05) is 0 Å². The first-order valence-electron chi connectivity index (χ1n) is 7.00. The normalized spacial score (nSPS) is 18.3. The van der Waals surface area contributed by atoms with Gasteiger partial charge in [0.25, 0.3) is 0 Å². The van der Waals surface area contributed by atoms with E-state index >= 15 is 0 Å². The summed E-state index contributed by atoms with van der Waals surface area (Å²) in [5.74, 6) is 0.537. The number of ether oxygens (including phenoxy) is 2. The average molecular weight is 303 g/mol. The van der Waals surface area contributed by atoms with Gasteiger partial charge in [0.1, 0.15) is 5.75 Å². The molecule has 1 saturated carbocycles. The van der Waals surface area contributed by atoms with Crippen molar-refractivity contribution in [3.63, 3.8) is 0 Å². The molecule has 0 aromatic heterocycles. The maximum Gasteiger partial charge on any atom is 0.414 e. The van der Waals surface area contributed by atoms with Crippen molar-refractivity contribution in [2.75, 3.05) is 13.7 Å². The highest BCUT2D eigenvalue weighted by atomic mass is 19.4. The van der Waals surface area contributed by atoms with Crippen LogP contribution >= 0.6 is 0 Å². The molecule has 0 amide bonds. The summed E-state index contributed by atoms with van der Waals surface area (Å²) in [6, 6.07) is 7.40. The number of alkyl halides is 3. The first-order chi connectivity index (χ1) is 9.91. The number of para-hydroxylation sites is 1. The largest absolute Gasteiger partial charge is 0.496 e. The number of rotatable bonds is 7. The summed E-state index contributed by atoms with van der Waals surface area (Å²) in [7, 11) is 1.50. The summed E-state index contributed by atoms with van der Waals surface area (Å²) >= 11 is 0. The Balaban J connectivity index is 2.13. The van der Waals surface area contributed by atoms with Crippen molar-refractivity contribution in [2.24, 2.45) is 0 Å². The van der Waals surface area contributed by atoms with E-state index in [1.54, 1.807) is 24.3 Å². The molecular weight excluding hydrogens is 283 g/mol. The third-order valence-electron chi connectivity index (χ3n) is 3.48. The Morgan fingerprint density at radius 1 is 1.29 bits per heavy atom. The van der Waals surface area contributed by atoms with Crippen LogP contribution in [0.25, 0.3) is 0 Å². The molecule has 3 nitrogen and oxygen atoms in total. The predicted molar refractivity (Wildman–Crippen MR) is 73.4 cm³/mol. The van der Waals surface area contributed by atoms with Crippen LogP contribution in [0.4, 0.5) is 13.2 Å². The predicted octanol–water partition coefficient (Wildman–Crippen LogP) is 3.46. The van der Waals surface area contributed by atoms with Gasteiger partial charge in [0.2, 0.25) is 0 Å². The highest BCUT2D eigenvalue weighted by Gasteiger charge is 2.39. The molecule has 1 N–H and O–H groups in total. The average Bonchev–Trinajstić information content (AvgIpc) is 3.26. The number of hydrogen-bond donors (Lipinski definition) is 1. The minimum absolute atomic E-state index is 0.339. The summed E-state index contributed by atoms with van der Waals surface area (Å²) in [5, 5.41) is 3.22. The Morgan fingerprint density at radius 3 is 2.52 bits per heavy atom. The number of methoxy groups -OCH3 is 1. The SMILES string of the molecule is COc1ccccc1C(CNC1CC1)OC(C)C(F)(F)F. The maximum absolute atomic E-state index is 12.7. The van der Waals surface area contributed by atoms with Crippen molar-refractivity contribution < 1.29 is 22.6 Å². The van der Waals surface area contributed by atoms with Crippen molar-refractivity contribution in [1.29, 1.82) is 0 Å². The number of halogens is 3. The van der Waals surface area contributed by atoms with Gasteiger partial charge >= 0.3 is 6.18 Å². The molecular formula is C15H20F3NO2. The van der Waals surface area contributed by atoms with Gasteiger partial charge in [-0.15, -0.1) is 0 Å². The van der Waals surface area contributed by atoms with Gasteiger partial charge in [-0.3, -0.25) is 0 Å². The lowest BCUT2D eigenvalue weighted by Crippen LogP contribution is -2.34. The zero-order chi connectivity index (χ0) is 15.5. The molecule has 1 fully saturated rings. The second kappa shape index (κ2) is 6.66. The van der Waals surface area contributed by atoms with E-state index in [0.29, 0.717) is 23.9 Å². The molecule has 2 atom stereocenters. The molecule has 2 unspecified atom stereocenters. The van der Waals surface area contributed by atoms with Crippen molar-refractivity contribution in [3.05, 3.63) is 29.8 Å². The van der Waals surface area contributed by atoms with Gasteiger partial charge in [0.05, 0.1) is 13.2 Å². The van der Waals surface area contributed by atoms with E-state index in [-0.39, 0.29) is 0 Å². The highest BCUT2D eigenvalue weighted by molar-refractivity contribution is 5.35. The molecule has 1 aliphatic carbocycles. The van der Waals surface area contributed by atoms with Crippen LogP contribution in [0.1, 0.15) is 31.4 Å². The summed E-state index contributed by atoms with van der Waals surface area (Å²) in [5.41, 5.74) is 0.629. The third kappa shape index (κ3) is 4.61. The Hall–Kier alpha value is -1.27. The van der Waals surface area contributed by atoms with Gasteiger partial charge in [0, 0.05) is 18.2 Å². The Bertz CT molecular complexity index is 460. The molecule has 0 radical (unpaired) electrons. The number of hydrogen-bond acceptors (Lipinski definition) is 3. The Kier molecular flexibility index (Phi) is 5.11. The van der Waals surface area contributed by atoms with E-state index in [2.05, 4.69) is 5.32 Å². The molecule has 0 saturated heterocycles. The molecule has 0 spiro atoms. The van der Waals surface area contributed by atoms with Gasteiger partial charge in [0.15, 0.2) is 6.10 Å². The molecule has 2 rings (SSSR count). The molecule has 0 aliphatic heterocycles. The lowest BCUT2D eigenvalue weighted by atomic mass is 10.1. The minimum atomic E-state index is -4.38. The first kappa shape index (κ1) is 16.1. The molecule has 0 bridgehead atoms. The van der Waals surface area contributed by atoms with Crippen LogP contribution in [-0.4, -0.2) is 32.0 Å². The summed E-state index contributed by atoms with van der Waals surface area (Å²) in [6.07, 6.45) is -4.77. The van der Waals surface area contributed by atoms with Crippen molar-refractivity contribution >= 4 is 0 Å². The molecule has 118 valence electrons. The minimum Gasteiger partial charge on any atom is -0.496 e. The lowest BCUT2D eigenvalue weighted by molar-refractivity contribution is -0.227. The molecule has 1 aromatic rings. The molecule has 1 aliphatic rings. The Morgan fingerprint density at radius 2 is 1.95 bits per heavy atom. The maximum atomic E-state index is 12.7. The van der Waals surface area contributed by atoms with E-state index < -0.39 is 18.4 Å². The molecule has 0 heterocycles. The fourth-order valence-electron chi connectivity index (χ4n) is 2.05. The van der Waals surface area contributed by atoms with Gasteiger partial charge < -0.3 is 14.8 Å². The highest BCUT2D eigenvalue weighted by Crippen LogP contribution is 2.32. The van der Waals surface area contributed by atoms with E-state index in [1.165, 1.54) is 7.11 Å². The van der Waals surface area contributed by atoms with Crippen LogP contribution in [0.15, 0.2) is 24.3 Å². The van der Waals surface area contributed by atoms with Crippen LogP contribution in [0, 0.1) is 0 Å². The van der Waals surface area contributed by atoms with Crippen LogP contribution in [0.3, 0.4) is 0 Å². The van der Waals surface area contributed by atoms with Gasteiger partial charge in [-0.25, -0.2) is 0 Å². The first-order valence-corrected chi connectivity index (χ1v) is 7.00. The zero-order valence-electron chi connectivity index (χ0n) is 12.1. The molecule has 6 heteroatoms. The Labute approximate surface area is 122 Å². The van der Waals surface area contributed by atoms with E-state index in [9.17, 15) is 13.2 Å². The van der Waals surface area contributed by atoms with Gasteiger partial charge in [-0.1, -0.05) is 18.2 Å². The van der Waals surface area contributed by atoms with E-state index in [4.69, 9.17) is 9.47 Å². The smallest absolute Gasteiger partial charge is 0.414 e. The van der Waals surface area contributed by atoms with Crippen molar-refractivity contribution in [2.45, 2.75) is 44.2 Å². The second-order valence-corrected chi connectivity index (χ2v) is 5.23. The van der Waals surface area contributed by atoms with Gasteiger partial charge in [-0.05, 0) is 25.8 Å². The van der Waals surface area contributed by atoms with Crippen LogP contribution in [0.2, 0.25) is 0 Å². The molecule has 21 heavy (non-hydrogen) atoms. The summed E-state index contributed by atoms with van der Waals surface area (Å²) < 4.78 is 48.7. The topological polar surface area (TPSA) is 30.5 Å². The third-order valence-corrected chi connectivity index (χ3v) is 3.48. The fourth-order valence-corrected chi connectivity index (χ4v) is 2.05. The zero-order valence-corrected chi connectivity index (χ0v) is 12.1. The lowest BCUT2D eigenvalue weighted by Gasteiger charge is -2.26. The van der Waals surface area contributed by atoms with Crippen LogP contribution < -0.4 is 10.1 Å². The monoisotopic (exact) mass is 303 g/mol. The van der Waals surface area contributed by atoms with Crippen molar-refractivity contribution in [1.82, 2.24) is 5.32 Å². The number of benzene rings is 1. The quantitative estimate of drug-likeness (QED) is 0.837. The standard InChI is InChI=1S/C15H20F3NO2/c1-10(15(16,17)18)21-14(9-19-11-7-8-11)12-5-3-4-6-13(12)20-2/h3-6,10-11,14,19H,7-9H2,1-2H3. The fraction of sp³-hybridized carbons (Fsp3) is 0.600. The number of nitrogens with one attached hydrogen (secondary N) is 1. The van der Waals surface area contributed by atoms with Crippen LogP contribution in [0.5, 0.6) is 5.75 Å². The summed E-state index contributed by atoms with van der Waals surface area (Å²) in [4.78, 5) is 0. The second-order valence-electron chi connectivity index (χ2n) is 5.23.